The van der Waals surface area contributed by atoms with Gasteiger partial charge in [-0.25, -0.2) is 4.39 Å². The summed E-state index contributed by atoms with van der Waals surface area (Å²) in [5, 5.41) is 0. The van der Waals surface area contributed by atoms with E-state index in [-0.39, 0.29) is 23.7 Å². The summed E-state index contributed by atoms with van der Waals surface area (Å²) < 4.78 is 13.6. The van der Waals surface area contributed by atoms with Gasteiger partial charge in [-0.05, 0) is 48.7 Å². The third-order valence-electron chi connectivity index (χ3n) is 6.99. The Morgan fingerprint density at radius 2 is 1.84 bits per heavy atom. The van der Waals surface area contributed by atoms with Crippen LogP contribution in [0.25, 0.3) is 0 Å². The first kappa shape index (κ1) is 20.8. The van der Waals surface area contributed by atoms with Gasteiger partial charge < -0.3 is 4.90 Å². The molecule has 2 aliphatic heterocycles. The summed E-state index contributed by atoms with van der Waals surface area (Å²) in [4.78, 5) is 22.0. The molecule has 164 valence electrons. The minimum Gasteiger partial charge on any atom is -0.335 e. The molecular weight excluding hydrogens is 401 g/mol. The standard InChI is InChI=1S/C27H28FN3O/c1-19-3-2-4-20(15-19)16-30-14-11-26-25(17-30)24(21-5-7-23(28)8-6-21)18-31(26)27(32)22-9-12-29-13-10-22/h2-10,12-13,15,24-26H,11,14,16-18H2,1H3/t24-,25-,26-/m0/s1. The fourth-order valence-corrected chi connectivity index (χ4v) is 5.47. The van der Waals surface area contributed by atoms with Crippen LogP contribution in [0.1, 0.15) is 39.4 Å². The molecule has 0 saturated carbocycles. The highest BCUT2D eigenvalue weighted by atomic mass is 19.1. The number of hydrogen-bond acceptors (Lipinski definition) is 3. The maximum atomic E-state index is 13.6. The maximum Gasteiger partial charge on any atom is 0.254 e. The summed E-state index contributed by atoms with van der Waals surface area (Å²) in [7, 11) is 0. The van der Waals surface area contributed by atoms with Gasteiger partial charge in [-0.1, -0.05) is 42.0 Å². The highest BCUT2D eigenvalue weighted by Gasteiger charge is 2.47. The lowest BCUT2D eigenvalue weighted by molar-refractivity contribution is 0.0614. The summed E-state index contributed by atoms with van der Waals surface area (Å²) in [6.45, 7) is 5.60. The molecule has 0 spiro atoms. The van der Waals surface area contributed by atoms with E-state index in [2.05, 4.69) is 46.0 Å². The number of aryl methyl sites for hydroxylation is 1. The van der Waals surface area contributed by atoms with Crippen LogP contribution < -0.4 is 0 Å². The minimum atomic E-state index is -0.224. The molecule has 4 nitrogen and oxygen atoms in total. The van der Waals surface area contributed by atoms with E-state index in [0.29, 0.717) is 18.0 Å². The van der Waals surface area contributed by atoms with E-state index in [1.54, 1.807) is 24.5 Å². The largest absolute Gasteiger partial charge is 0.335 e. The molecule has 0 unspecified atom stereocenters. The molecule has 1 aromatic heterocycles. The quantitative estimate of drug-likeness (QED) is 0.605. The number of fused-ring (bicyclic) bond motifs is 1. The molecular formula is C27H28FN3O. The Hall–Kier alpha value is -3.05. The zero-order valence-electron chi connectivity index (χ0n) is 18.3. The SMILES string of the molecule is Cc1cccc(CN2CC[C@H]3[C@@H](C2)[C@H](c2ccc(F)cc2)CN3C(=O)c2ccncc2)c1. The van der Waals surface area contributed by atoms with Crippen LogP contribution in [0.4, 0.5) is 4.39 Å². The van der Waals surface area contributed by atoms with E-state index < -0.39 is 0 Å². The molecule has 5 rings (SSSR count). The van der Waals surface area contributed by atoms with Crippen LogP contribution in [0.2, 0.25) is 0 Å². The number of halogens is 1. The van der Waals surface area contributed by atoms with Crippen LogP contribution in [0.5, 0.6) is 0 Å². The molecule has 3 heterocycles. The van der Waals surface area contributed by atoms with Gasteiger partial charge in [0.15, 0.2) is 0 Å². The van der Waals surface area contributed by atoms with E-state index in [9.17, 15) is 9.18 Å². The Kier molecular flexibility index (Phi) is 5.75. The number of hydrogen-bond donors (Lipinski definition) is 0. The van der Waals surface area contributed by atoms with Crippen molar-refractivity contribution in [3.63, 3.8) is 0 Å². The number of likely N-dealkylation sites (tertiary alicyclic amines) is 2. The van der Waals surface area contributed by atoms with Crippen LogP contribution >= 0.6 is 0 Å². The minimum absolute atomic E-state index is 0.0687. The van der Waals surface area contributed by atoms with Crippen LogP contribution in [0.15, 0.2) is 73.1 Å². The van der Waals surface area contributed by atoms with Crippen LogP contribution in [-0.2, 0) is 6.54 Å². The number of rotatable bonds is 4. The lowest BCUT2D eigenvalue weighted by Gasteiger charge is -2.39. The van der Waals surface area contributed by atoms with Gasteiger partial charge in [0.2, 0.25) is 0 Å². The average molecular weight is 430 g/mol. The van der Waals surface area contributed by atoms with Gasteiger partial charge in [-0.2, -0.15) is 0 Å². The Labute approximate surface area is 188 Å². The Morgan fingerprint density at radius 3 is 2.59 bits per heavy atom. The fourth-order valence-electron chi connectivity index (χ4n) is 5.47. The van der Waals surface area contributed by atoms with E-state index in [4.69, 9.17) is 0 Å². The second-order valence-corrected chi connectivity index (χ2v) is 9.10. The van der Waals surface area contributed by atoms with E-state index in [0.717, 1.165) is 31.6 Å². The zero-order chi connectivity index (χ0) is 22.1. The molecule has 2 aromatic carbocycles. The van der Waals surface area contributed by atoms with Crippen molar-refractivity contribution in [3.8, 4) is 0 Å². The summed E-state index contributed by atoms with van der Waals surface area (Å²) in [6.07, 6.45) is 4.29. The van der Waals surface area contributed by atoms with Crippen molar-refractivity contribution < 1.29 is 9.18 Å². The van der Waals surface area contributed by atoms with Crippen molar-refractivity contribution in [2.45, 2.75) is 31.8 Å². The molecule has 0 N–H and O–H groups in total. The fraction of sp³-hybridized carbons (Fsp3) is 0.333. The van der Waals surface area contributed by atoms with Crippen LogP contribution in [0.3, 0.4) is 0 Å². The molecule has 3 atom stereocenters. The van der Waals surface area contributed by atoms with Gasteiger partial charge in [0.05, 0.1) is 0 Å². The predicted octanol–water partition coefficient (Wildman–Crippen LogP) is 4.66. The number of aromatic nitrogens is 1. The van der Waals surface area contributed by atoms with Crippen LogP contribution in [0, 0.1) is 18.7 Å². The van der Waals surface area contributed by atoms with Crippen molar-refractivity contribution in [2.24, 2.45) is 5.92 Å². The van der Waals surface area contributed by atoms with Gasteiger partial charge >= 0.3 is 0 Å². The molecule has 1 amide bonds. The Bertz CT molecular complexity index is 1090. The van der Waals surface area contributed by atoms with E-state index >= 15 is 0 Å². The predicted molar refractivity (Wildman–Crippen MR) is 123 cm³/mol. The third kappa shape index (κ3) is 4.17. The van der Waals surface area contributed by atoms with E-state index in [1.807, 2.05) is 12.1 Å². The summed E-state index contributed by atoms with van der Waals surface area (Å²) >= 11 is 0. The highest BCUT2D eigenvalue weighted by Crippen LogP contribution is 2.42. The van der Waals surface area contributed by atoms with Gasteiger partial charge in [0.1, 0.15) is 5.82 Å². The van der Waals surface area contributed by atoms with Gasteiger partial charge in [0.25, 0.3) is 5.91 Å². The summed E-state index contributed by atoms with van der Waals surface area (Å²) in [5.41, 5.74) is 4.39. The monoisotopic (exact) mass is 429 g/mol. The van der Waals surface area contributed by atoms with Crippen molar-refractivity contribution in [3.05, 3.63) is 101 Å². The number of benzene rings is 2. The number of amides is 1. The number of nitrogens with zero attached hydrogens (tertiary/aromatic N) is 3. The molecule has 3 aromatic rings. The molecule has 2 aliphatic rings. The summed E-state index contributed by atoms with van der Waals surface area (Å²) in [6, 6.07) is 19.3. The first-order valence-corrected chi connectivity index (χ1v) is 11.3. The first-order chi connectivity index (χ1) is 15.6. The van der Waals surface area contributed by atoms with Gasteiger partial charge in [-0.15, -0.1) is 0 Å². The van der Waals surface area contributed by atoms with Gasteiger partial charge in [-0.3, -0.25) is 14.7 Å². The first-order valence-electron chi connectivity index (χ1n) is 11.3. The highest BCUT2D eigenvalue weighted by molar-refractivity contribution is 5.94. The Balaban J connectivity index is 1.41. The van der Waals surface area contributed by atoms with E-state index in [1.165, 1.54) is 23.3 Å². The molecule has 2 fully saturated rings. The number of piperidine rings is 1. The van der Waals surface area contributed by atoms with Gasteiger partial charge in [0, 0.05) is 62.0 Å². The smallest absolute Gasteiger partial charge is 0.254 e. The zero-order valence-corrected chi connectivity index (χ0v) is 18.3. The molecule has 0 radical (unpaired) electrons. The molecule has 2 saturated heterocycles. The van der Waals surface area contributed by atoms with Crippen molar-refractivity contribution in [1.82, 2.24) is 14.8 Å². The molecule has 0 bridgehead atoms. The second-order valence-electron chi connectivity index (χ2n) is 9.10. The average Bonchev–Trinajstić information content (AvgIpc) is 3.18. The maximum absolute atomic E-state index is 13.6. The molecule has 32 heavy (non-hydrogen) atoms. The number of pyridine rings is 1. The third-order valence-corrected chi connectivity index (χ3v) is 6.99. The van der Waals surface area contributed by atoms with Crippen LogP contribution in [-0.4, -0.2) is 46.4 Å². The van der Waals surface area contributed by atoms with Crippen molar-refractivity contribution in [2.75, 3.05) is 19.6 Å². The van der Waals surface area contributed by atoms with Crippen molar-refractivity contribution >= 4 is 5.91 Å². The topological polar surface area (TPSA) is 36.4 Å². The Morgan fingerprint density at radius 1 is 1.06 bits per heavy atom. The molecule has 5 heteroatoms. The number of carbonyl (C=O) groups excluding carboxylic acids is 1. The lowest BCUT2D eigenvalue weighted by Crippen LogP contribution is -2.47. The second kappa shape index (κ2) is 8.83. The normalized spacial score (nSPS) is 23.2. The molecule has 0 aliphatic carbocycles. The number of carbonyl (C=O) groups is 1. The summed E-state index contributed by atoms with van der Waals surface area (Å²) in [5.74, 6) is 0.369. The lowest BCUT2D eigenvalue weighted by atomic mass is 9.81. The van der Waals surface area contributed by atoms with Crippen molar-refractivity contribution in [1.29, 1.82) is 0 Å².